The lowest BCUT2D eigenvalue weighted by molar-refractivity contribution is 0.0857. The highest BCUT2D eigenvalue weighted by molar-refractivity contribution is 7.98. The second-order valence-electron chi connectivity index (χ2n) is 7.44. The normalized spacial score (nSPS) is 15.8. The van der Waals surface area contributed by atoms with E-state index in [-0.39, 0.29) is 12.0 Å². The fourth-order valence-corrected chi connectivity index (χ4v) is 4.33. The number of nitrogens with one attached hydrogen (secondary N) is 1. The van der Waals surface area contributed by atoms with Crippen LogP contribution in [0.15, 0.2) is 35.5 Å². The van der Waals surface area contributed by atoms with E-state index in [1.807, 2.05) is 30.3 Å². The molecule has 2 aromatic rings. The Morgan fingerprint density at radius 1 is 1.29 bits per heavy atom. The van der Waals surface area contributed by atoms with Crippen molar-refractivity contribution < 1.29 is 14.3 Å². The van der Waals surface area contributed by atoms with Gasteiger partial charge in [0.1, 0.15) is 5.82 Å². The minimum atomic E-state index is -0.0653. The van der Waals surface area contributed by atoms with Crippen molar-refractivity contribution in [2.24, 2.45) is 0 Å². The molecule has 3 rings (SSSR count). The van der Waals surface area contributed by atoms with E-state index >= 15 is 0 Å². The number of benzene rings is 1. The molecule has 1 aliphatic heterocycles. The first kappa shape index (κ1) is 23.5. The van der Waals surface area contributed by atoms with Crippen molar-refractivity contribution in [2.75, 3.05) is 38.3 Å². The van der Waals surface area contributed by atoms with Crippen LogP contribution in [-0.2, 0) is 21.8 Å². The van der Waals surface area contributed by atoms with Crippen LogP contribution in [0.25, 0.3) is 0 Å². The summed E-state index contributed by atoms with van der Waals surface area (Å²) in [5, 5.41) is 3.69. The highest BCUT2D eigenvalue weighted by Gasteiger charge is 2.17. The van der Waals surface area contributed by atoms with E-state index in [0.29, 0.717) is 29.6 Å². The fourth-order valence-electron chi connectivity index (χ4n) is 3.52. The molecule has 1 N–H and O–H groups in total. The van der Waals surface area contributed by atoms with E-state index in [9.17, 15) is 4.79 Å². The number of hydrogen-bond acceptors (Lipinski definition) is 7. The SMILES string of the molecule is CCN(CC)c1cc(COC)nc(SCc2cccc(C(=O)NC[C@H]3CCCO3)c2)n1. The molecule has 1 atom stereocenters. The quantitative estimate of drug-likeness (QED) is 0.419. The van der Waals surface area contributed by atoms with E-state index in [4.69, 9.17) is 14.5 Å². The molecule has 1 fully saturated rings. The summed E-state index contributed by atoms with van der Waals surface area (Å²) in [6.07, 6.45) is 2.21. The summed E-state index contributed by atoms with van der Waals surface area (Å²) >= 11 is 1.56. The van der Waals surface area contributed by atoms with E-state index in [2.05, 4.69) is 29.0 Å². The molecule has 1 aromatic heterocycles. The second kappa shape index (κ2) is 12.0. The van der Waals surface area contributed by atoms with Gasteiger partial charge in [-0.2, -0.15) is 0 Å². The Bertz CT molecular complexity index is 854. The molecule has 1 aromatic carbocycles. The summed E-state index contributed by atoms with van der Waals surface area (Å²) in [6.45, 7) is 7.79. The van der Waals surface area contributed by atoms with Crippen molar-refractivity contribution in [3.63, 3.8) is 0 Å². The van der Waals surface area contributed by atoms with Crippen molar-refractivity contribution in [2.45, 2.75) is 50.3 Å². The third kappa shape index (κ3) is 6.92. The van der Waals surface area contributed by atoms with Crippen LogP contribution < -0.4 is 10.2 Å². The Morgan fingerprint density at radius 2 is 2.13 bits per heavy atom. The summed E-state index contributed by atoms with van der Waals surface area (Å²) in [4.78, 5) is 24.1. The first-order valence-electron chi connectivity index (χ1n) is 10.9. The predicted molar refractivity (Wildman–Crippen MR) is 124 cm³/mol. The Balaban J connectivity index is 1.64. The van der Waals surface area contributed by atoms with Crippen LogP contribution in [-0.4, -0.2) is 55.3 Å². The number of rotatable bonds is 11. The van der Waals surface area contributed by atoms with Gasteiger partial charge in [-0.25, -0.2) is 9.97 Å². The van der Waals surface area contributed by atoms with Gasteiger partial charge in [-0.15, -0.1) is 0 Å². The van der Waals surface area contributed by atoms with Gasteiger partial charge >= 0.3 is 0 Å². The number of aromatic nitrogens is 2. The van der Waals surface area contributed by atoms with Crippen LogP contribution in [0.4, 0.5) is 5.82 Å². The molecule has 7 nitrogen and oxygen atoms in total. The minimum absolute atomic E-state index is 0.0653. The van der Waals surface area contributed by atoms with Crippen molar-refractivity contribution in [3.8, 4) is 0 Å². The van der Waals surface area contributed by atoms with Crippen molar-refractivity contribution in [3.05, 3.63) is 47.2 Å². The van der Waals surface area contributed by atoms with Gasteiger partial charge in [0.25, 0.3) is 5.91 Å². The average Bonchev–Trinajstić information content (AvgIpc) is 3.31. The van der Waals surface area contributed by atoms with Gasteiger partial charge < -0.3 is 19.7 Å². The Morgan fingerprint density at radius 3 is 2.84 bits per heavy atom. The maximum Gasteiger partial charge on any atom is 0.251 e. The second-order valence-corrected chi connectivity index (χ2v) is 8.38. The maximum atomic E-state index is 12.5. The smallest absolute Gasteiger partial charge is 0.251 e. The van der Waals surface area contributed by atoms with Gasteiger partial charge in [0.15, 0.2) is 5.16 Å². The zero-order chi connectivity index (χ0) is 22.1. The fraction of sp³-hybridized carbons (Fsp3) is 0.522. The maximum absolute atomic E-state index is 12.5. The zero-order valence-corrected chi connectivity index (χ0v) is 19.4. The largest absolute Gasteiger partial charge is 0.378 e. The lowest BCUT2D eigenvalue weighted by Gasteiger charge is -2.20. The van der Waals surface area contributed by atoms with E-state index < -0.39 is 0 Å². The molecular weight excluding hydrogens is 412 g/mol. The summed E-state index contributed by atoms with van der Waals surface area (Å²) in [5.41, 5.74) is 2.58. The molecule has 31 heavy (non-hydrogen) atoms. The van der Waals surface area contributed by atoms with E-state index in [0.717, 1.165) is 49.6 Å². The highest BCUT2D eigenvalue weighted by atomic mass is 32.2. The third-order valence-electron chi connectivity index (χ3n) is 5.20. The van der Waals surface area contributed by atoms with Crippen molar-refractivity contribution >= 4 is 23.5 Å². The van der Waals surface area contributed by atoms with Crippen LogP contribution in [0.3, 0.4) is 0 Å². The number of amides is 1. The first-order valence-corrected chi connectivity index (χ1v) is 11.8. The average molecular weight is 445 g/mol. The predicted octanol–water partition coefficient (Wildman–Crippen LogP) is 3.67. The van der Waals surface area contributed by atoms with Crippen molar-refractivity contribution in [1.29, 1.82) is 0 Å². The summed E-state index contributed by atoms with van der Waals surface area (Å²) in [5.74, 6) is 1.53. The number of hydrogen-bond donors (Lipinski definition) is 1. The van der Waals surface area contributed by atoms with Gasteiger partial charge in [-0.1, -0.05) is 23.9 Å². The Labute approximate surface area is 188 Å². The van der Waals surface area contributed by atoms with Crippen LogP contribution in [0.1, 0.15) is 48.3 Å². The van der Waals surface area contributed by atoms with Gasteiger partial charge in [-0.3, -0.25) is 4.79 Å². The lowest BCUT2D eigenvalue weighted by atomic mass is 10.1. The van der Waals surface area contributed by atoms with Crippen LogP contribution in [0, 0.1) is 0 Å². The number of thioether (sulfide) groups is 1. The number of anilines is 1. The number of carbonyl (C=O) groups is 1. The number of ether oxygens (including phenoxy) is 2. The highest BCUT2D eigenvalue weighted by Crippen LogP contribution is 2.24. The molecule has 0 radical (unpaired) electrons. The summed E-state index contributed by atoms with van der Waals surface area (Å²) in [7, 11) is 1.67. The molecule has 0 bridgehead atoms. The summed E-state index contributed by atoms with van der Waals surface area (Å²) in [6, 6.07) is 9.70. The zero-order valence-electron chi connectivity index (χ0n) is 18.6. The van der Waals surface area contributed by atoms with E-state index in [1.165, 1.54) is 0 Å². The molecule has 0 unspecified atom stereocenters. The molecule has 0 aliphatic carbocycles. The molecule has 2 heterocycles. The molecule has 1 saturated heterocycles. The topological polar surface area (TPSA) is 76.6 Å². The Hall–Kier alpha value is -2.16. The molecular formula is C23H32N4O3S. The molecule has 0 spiro atoms. The first-order chi connectivity index (χ1) is 15.1. The molecule has 168 valence electrons. The van der Waals surface area contributed by atoms with E-state index in [1.54, 1.807) is 18.9 Å². The summed E-state index contributed by atoms with van der Waals surface area (Å²) < 4.78 is 10.9. The molecule has 0 saturated carbocycles. The molecule has 8 heteroatoms. The van der Waals surface area contributed by atoms with Gasteiger partial charge in [0, 0.05) is 50.7 Å². The minimum Gasteiger partial charge on any atom is -0.378 e. The van der Waals surface area contributed by atoms with Crippen LogP contribution >= 0.6 is 11.8 Å². The van der Waals surface area contributed by atoms with Crippen molar-refractivity contribution in [1.82, 2.24) is 15.3 Å². The molecule has 1 aliphatic rings. The lowest BCUT2D eigenvalue weighted by Crippen LogP contribution is -2.31. The Kier molecular flexibility index (Phi) is 9.12. The molecule has 1 amide bonds. The van der Waals surface area contributed by atoms with Gasteiger partial charge in [0.05, 0.1) is 18.4 Å². The van der Waals surface area contributed by atoms with Crippen LogP contribution in [0.5, 0.6) is 0 Å². The monoisotopic (exact) mass is 444 g/mol. The van der Waals surface area contributed by atoms with Gasteiger partial charge in [0.2, 0.25) is 0 Å². The standard InChI is InChI=1S/C23H32N4O3S/c1-4-27(5-2)21-13-19(15-29-3)25-23(26-21)31-16-17-8-6-9-18(12-17)22(28)24-14-20-10-7-11-30-20/h6,8-9,12-13,20H,4-5,7,10-11,14-16H2,1-3H3,(H,24,28)/t20-/m1/s1. The third-order valence-corrected chi connectivity index (χ3v) is 6.11. The number of carbonyl (C=O) groups excluding carboxylic acids is 1. The number of nitrogens with zero attached hydrogens (tertiary/aromatic N) is 3. The van der Waals surface area contributed by atoms with Crippen LogP contribution in [0.2, 0.25) is 0 Å². The van der Waals surface area contributed by atoms with Gasteiger partial charge in [-0.05, 0) is 44.4 Å². The number of methoxy groups -OCH3 is 1.